The summed E-state index contributed by atoms with van der Waals surface area (Å²) in [5.74, 6) is 0. The zero-order valence-corrected chi connectivity index (χ0v) is 6.53. The van der Waals surface area contributed by atoms with Gasteiger partial charge >= 0.3 is 0 Å². The van der Waals surface area contributed by atoms with Gasteiger partial charge in [0.1, 0.15) is 5.60 Å². The van der Waals surface area contributed by atoms with E-state index in [-0.39, 0.29) is 10.5 Å². The molecule has 0 aromatic heterocycles. The molecule has 2 heteroatoms. The molecule has 1 aliphatic heterocycles. The SMILES string of the molecule is C[C@@]1(Cl)CC[C@H]2O[C@]21C. The molecular weight excluding hydrogens is 136 g/mol. The Labute approximate surface area is 60.3 Å². The van der Waals surface area contributed by atoms with Gasteiger partial charge in [-0.05, 0) is 26.7 Å². The molecule has 0 aromatic carbocycles. The van der Waals surface area contributed by atoms with Crippen LogP contribution in [0.2, 0.25) is 0 Å². The summed E-state index contributed by atoms with van der Waals surface area (Å²) in [4.78, 5) is -0.0856. The van der Waals surface area contributed by atoms with E-state index >= 15 is 0 Å². The molecule has 0 unspecified atom stereocenters. The van der Waals surface area contributed by atoms with Crippen molar-refractivity contribution in [3.05, 3.63) is 0 Å². The molecule has 52 valence electrons. The van der Waals surface area contributed by atoms with E-state index < -0.39 is 0 Å². The normalized spacial score (nSPS) is 63.7. The average molecular weight is 147 g/mol. The van der Waals surface area contributed by atoms with Crippen LogP contribution in [0.5, 0.6) is 0 Å². The van der Waals surface area contributed by atoms with Gasteiger partial charge in [0.25, 0.3) is 0 Å². The Morgan fingerprint density at radius 3 is 2.33 bits per heavy atom. The summed E-state index contributed by atoms with van der Waals surface area (Å²) in [6.07, 6.45) is 2.73. The van der Waals surface area contributed by atoms with Crippen molar-refractivity contribution in [2.45, 2.75) is 43.3 Å². The molecule has 1 heterocycles. The van der Waals surface area contributed by atoms with Gasteiger partial charge in [0.05, 0.1) is 11.0 Å². The van der Waals surface area contributed by atoms with E-state index in [0.29, 0.717) is 6.10 Å². The number of hydrogen-bond acceptors (Lipinski definition) is 1. The first-order chi connectivity index (χ1) is 4.06. The van der Waals surface area contributed by atoms with Crippen LogP contribution in [0.4, 0.5) is 0 Å². The minimum absolute atomic E-state index is 0.0224. The Bertz CT molecular complexity index is 150. The highest BCUT2D eigenvalue weighted by Crippen LogP contribution is 2.58. The lowest BCUT2D eigenvalue weighted by Crippen LogP contribution is -2.30. The summed E-state index contributed by atoms with van der Waals surface area (Å²) in [6, 6.07) is 0. The number of rotatable bonds is 0. The maximum absolute atomic E-state index is 6.18. The van der Waals surface area contributed by atoms with Gasteiger partial charge in [0.15, 0.2) is 0 Å². The molecule has 0 N–H and O–H groups in total. The third-order valence-corrected chi connectivity index (χ3v) is 3.42. The van der Waals surface area contributed by atoms with Crippen LogP contribution in [0.25, 0.3) is 0 Å². The Morgan fingerprint density at radius 2 is 2.22 bits per heavy atom. The summed E-state index contributed by atoms with van der Waals surface area (Å²) < 4.78 is 5.42. The van der Waals surface area contributed by atoms with Crippen molar-refractivity contribution >= 4 is 11.6 Å². The second-order valence-electron chi connectivity index (χ2n) is 3.45. The fourth-order valence-corrected chi connectivity index (χ4v) is 1.98. The van der Waals surface area contributed by atoms with Gasteiger partial charge in [0, 0.05) is 0 Å². The number of epoxide rings is 1. The molecule has 0 radical (unpaired) electrons. The Hall–Kier alpha value is 0.250. The highest BCUT2D eigenvalue weighted by Gasteiger charge is 2.67. The van der Waals surface area contributed by atoms with Crippen LogP contribution >= 0.6 is 11.6 Å². The number of fused-ring (bicyclic) bond motifs is 1. The zero-order valence-electron chi connectivity index (χ0n) is 5.78. The minimum atomic E-state index is -0.0856. The molecule has 0 spiro atoms. The second kappa shape index (κ2) is 1.30. The molecule has 2 fully saturated rings. The summed E-state index contributed by atoms with van der Waals surface area (Å²) in [5, 5.41) is 0. The van der Waals surface area contributed by atoms with Crippen LogP contribution in [-0.4, -0.2) is 16.6 Å². The van der Waals surface area contributed by atoms with E-state index in [9.17, 15) is 0 Å². The highest BCUT2D eigenvalue weighted by atomic mass is 35.5. The van der Waals surface area contributed by atoms with Crippen molar-refractivity contribution in [2.75, 3.05) is 0 Å². The van der Waals surface area contributed by atoms with Crippen LogP contribution in [0.3, 0.4) is 0 Å². The van der Waals surface area contributed by atoms with Crippen LogP contribution in [0.1, 0.15) is 26.7 Å². The molecule has 0 bridgehead atoms. The monoisotopic (exact) mass is 146 g/mol. The number of alkyl halides is 1. The van der Waals surface area contributed by atoms with Crippen LogP contribution in [0, 0.1) is 0 Å². The first-order valence-electron chi connectivity index (χ1n) is 3.43. The van der Waals surface area contributed by atoms with Crippen molar-refractivity contribution < 1.29 is 4.74 Å². The standard InChI is InChI=1S/C7H11ClO/c1-6(8)4-3-5-7(6,2)9-5/h5H,3-4H2,1-2H3/t5-,6-,7-/m1/s1. The van der Waals surface area contributed by atoms with Crippen molar-refractivity contribution in [3.63, 3.8) is 0 Å². The topological polar surface area (TPSA) is 12.5 Å². The Balaban J connectivity index is 2.28. The van der Waals surface area contributed by atoms with Crippen molar-refractivity contribution in [3.8, 4) is 0 Å². The fourth-order valence-electron chi connectivity index (χ4n) is 1.70. The summed E-state index contributed by atoms with van der Waals surface area (Å²) in [7, 11) is 0. The lowest BCUT2D eigenvalue weighted by Gasteiger charge is -2.21. The largest absolute Gasteiger partial charge is 0.364 e. The van der Waals surface area contributed by atoms with Crippen LogP contribution in [0.15, 0.2) is 0 Å². The van der Waals surface area contributed by atoms with Gasteiger partial charge in [-0.3, -0.25) is 0 Å². The first-order valence-corrected chi connectivity index (χ1v) is 3.81. The maximum Gasteiger partial charge on any atom is 0.111 e. The van der Waals surface area contributed by atoms with Crippen LogP contribution < -0.4 is 0 Å². The van der Waals surface area contributed by atoms with Crippen molar-refractivity contribution in [2.24, 2.45) is 0 Å². The van der Waals surface area contributed by atoms with E-state index in [4.69, 9.17) is 16.3 Å². The van der Waals surface area contributed by atoms with Crippen LogP contribution in [-0.2, 0) is 4.74 Å². The average Bonchev–Trinajstić information content (AvgIpc) is 2.34. The highest BCUT2D eigenvalue weighted by molar-refractivity contribution is 6.25. The third kappa shape index (κ3) is 0.548. The van der Waals surface area contributed by atoms with Gasteiger partial charge in [0.2, 0.25) is 0 Å². The quantitative estimate of drug-likeness (QED) is 0.376. The fraction of sp³-hybridized carbons (Fsp3) is 1.00. The molecule has 1 saturated carbocycles. The smallest absolute Gasteiger partial charge is 0.111 e. The molecule has 1 saturated heterocycles. The second-order valence-corrected chi connectivity index (χ2v) is 4.28. The van der Waals surface area contributed by atoms with Crippen molar-refractivity contribution in [1.29, 1.82) is 0 Å². The lowest BCUT2D eigenvalue weighted by atomic mass is 9.98. The van der Waals surface area contributed by atoms with Gasteiger partial charge in [-0.2, -0.15) is 0 Å². The molecule has 1 aliphatic carbocycles. The summed E-state index contributed by atoms with van der Waals surface area (Å²) >= 11 is 6.18. The van der Waals surface area contributed by atoms with Gasteiger partial charge in [-0.15, -0.1) is 11.6 Å². The van der Waals surface area contributed by atoms with E-state index in [1.807, 2.05) is 0 Å². The predicted octanol–water partition coefficient (Wildman–Crippen LogP) is 1.94. The Kier molecular flexibility index (Phi) is 0.867. The van der Waals surface area contributed by atoms with Gasteiger partial charge < -0.3 is 4.74 Å². The lowest BCUT2D eigenvalue weighted by molar-refractivity contribution is 0.227. The molecule has 9 heavy (non-hydrogen) atoms. The number of hydrogen-bond donors (Lipinski definition) is 0. The zero-order chi connectivity index (χ0) is 6.70. The molecule has 0 amide bonds. The maximum atomic E-state index is 6.18. The number of ether oxygens (including phenoxy) is 1. The first kappa shape index (κ1) is 5.99. The van der Waals surface area contributed by atoms with Crippen molar-refractivity contribution in [1.82, 2.24) is 0 Å². The Morgan fingerprint density at radius 1 is 1.56 bits per heavy atom. The third-order valence-electron chi connectivity index (χ3n) is 2.86. The van der Waals surface area contributed by atoms with Gasteiger partial charge in [-0.25, -0.2) is 0 Å². The van der Waals surface area contributed by atoms with Gasteiger partial charge in [-0.1, -0.05) is 0 Å². The number of halogens is 1. The van der Waals surface area contributed by atoms with E-state index in [1.54, 1.807) is 0 Å². The van der Waals surface area contributed by atoms with E-state index in [2.05, 4.69) is 13.8 Å². The summed E-state index contributed by atoms with van der Waals surface area (Å²) in [6.45, 7) is 4.18. The molecule has 2 aliphatic rings. The van der Waals surface area contributed by atoms with E-state index in [0.717, 1.165) is 12.8 Å². The molecule has 0 aromatic rings. The molecule has 3 atom stereocenters. The summed E-state index contributed by atoms with van der Waals surface area (Å²) in [5.41, 5.74) is 0.0224. The molecule has 2 rings (SSSR count). The minimum Gasteiger partial charge on any atom is -0.364 e. The molecular formula is C7H11ClO. The predicted molar refractivity (Wildman–Crippen MR) is 36.8 cm³/mol. The van der Waals surface area contributed by atoms with E-state index in [1.165, 1.54) is 0 Å². The molecule has 1 nitrogen and oxygen atoms in total.